The maximum atomic E-state index is 12.5. The molecule has 1 saturated heterocycles. The Morgan fingerprint density at radius 2 is 1.88 bits per heavy atom. The number of nitrogens with zero attached hydrogens (tertiary/aromatic N) is 1. The number of sulfonamides is 1. The van der Waals surface area contributed by atoms with Gasteiger partial charge in [-0.25, -0.2) is 8.42 Å². The molecule has 0 bridgehead atoms. The van der Waals surface area contributed by atoms with E-state index < -0.39 is 10.0 Å². The summed E-state index contributed by atoms with van der Waals surface area (Å²) in [6.45, 7) is 4.23. The lowest BCUT2D eigenvalue weighted by Crippen LogP contribution is -2.45. The van der Waals surface area contributed by atoms with Crippen LogP contribution < -0.4 is 5.32 Å². The van der Waals surface area contributed by atoms with Crippen molar-refractivity contribution in [1.82, 2.24) is 9.62 Å². The molecule has 1 aromatic heterocycles. The second-order valence-corrected chi connectivity index (χ2v) is 9.41. The highest BCUT2D eigenvalue weighted by Crippen LogP contribution is 2.24. The van der Waals surface area contributed by atoms with E-state index in [0.29, 0.717) is 23.3 Å². The van der Waals surface area contributed by atoms with Gasteiger partial charge in [0.15, 0.2) is 0 Å². The van der Waals surface area contributed by atoms with Gasteiger partial charge in [0, 0.05) is 19.1 Å². The molecule has 0 radical (unpaired) electrons. The topological polar surface area (TPSA) is 49.4 Å². The number of aryl methyl sites for hydroxylation is 1. The fourth-order valence-corrected chi connectivity index (χ4v) is 5.63. The molecule has 6 heteroatoms. The average molecular weight is 365 g/mol. The molecule has 0 amide bonds. The van der Waals surface area contributed by atoms with Gasteiger partial charge in [0.1, 0.15) is 4.21 Å². The van der Waals surface area contributed by atoms with Gasteiger partial charge in [-0.05, 0) is 49.7 Å². The second kappa shape index (κ2) is 7.78. The maximum absolute atomic E-state index is 12.5. The number of thiophene rings is 1. The van der Waals surface area contributed by atoms with Crippen LogP contribution in [0.4, 0.5) is 0 Å². The molecule has 1 fully saturated rings. The zero-order valence-corrected chi connectivity index (χ0v) is 15.6. The van der Waals surface area contributed by atoms with Crippen LogP contribution in [0.1, 0.15) is 24.0 Å². The summed E-state index contributed by atoms with van der Waals surface area (Å²) in [7, 11) is -3.29. The van der Waals surface area contributed by atoms with E-state index in [1.165, 1.54) is 22.5 Å². The first kappa shape index (κ1) is 17.6. The molecule has 0 unspecified atom stereocenters. The van der Waals surface area contributed by atoms with Crippen molar-refractivity contribution in [3.05, 3.63) is 52.9 Å². The van der Waals surface area contributed by atoms with Gasteiger partial charge in [-0.3, -0.25) is 0 Å². The standard InChI is InChI=1S/C18H24N2O2S2/c1-15-4-6-16(7-5-15)8-11-19-17-9-12-20(13-10-17)24(21,22)18-3-2-14-23-18/h2-7,14,17,19H,8-13H2,1H3. The third-order valence-electron chi connectivity index (χ3n) is 4.51. The average Bonchev–Trinajstić information content (AvgIpc) is 3.13. The summed E-state index contributed by atoms with van der Waals surface area (Å²) in [5, 5.41) is 5.38. The van der Waals surface area contributed by atoms with E-state index in [4.69, 9.17) is 0 Å². The molecule has 0 saturated carbocycles. The molecule has 4 nitrogen and oxygen atoms in total. The second-order valence-electron chi connectivity index (χ2n) is 6.30. The fraction of sp³-hybridized carbons (Fsp3) is 0.444. The molecular weight excluding hydrogens is 340 g/mol. The van der Waals surface area contributed by atoms with E-state index in [9.17, 15) is 8.42 Å². The lowest BCUT2D eigenvalue weighted by molar-refractivity contribution is 0.291. The third-order valence-corrected chi connectivity index (χ3v) is 7.78. The Kier molecular flexibility index (Phi) is 5.71. The monoisotopic (exact) mass is 364 g/mol. The van der Waals surface area contributed by atoms with Crippen molar-refractivity contribution >= 4 is 21.4 Å². The number of rotatable bonds is 6. The van der Waals surface area contributed by atoms with Gasteiger partial charge in [0.2, 0.25) is 0 Å². The molecule has 1 aliphatic heterocycles. The zero-order valence-electron chi connectivity index (χ0n) is 13.9. The van der Waals surface area contributed by atoms with E-state index in [0.717, 1.165) is 25.8 Å². The van der Waals surface area contributed by atoms with E-state index in [2.05, 4.69) is 36.5 Å². The van der Waals surface area contributed by atoms with Gasteiger partial charge in [0.05, 0.1) is 0 Å². The minimum Gasteiger partial charge on any atom is -0.314 e. The summed E-state index contributed by atoms with van der Waals surface area (Å²) in [6, 6.07) is 12.5. The number of hydrogen-bond donors (Lipinski definition) is 1. The van der Waals surface area contributed by atoms with Gasteiger partial charge in [-0.1, -0.05) is 35.9 Å². The van der Waals surface area contributed by atoms with Crippen molar-refractivity contribution in [2.24, 2.45) is 0 Å². The summed E-state index contributed by atoms with van der Waals surface area (Å²) in [4.78, 5) is 0. The van der Waals surface area contributed by atoms with Crippen LogP contribution in [-0.2, 0) is 16.4 Å². The Balaban J connectivity index is 1.45. The van der Waals surface area contributed by atoms with E-state index >= 15 is 0 Å². The molecule has 2 heterocycles. The van der Waals surface area contributed by atoms with Crippen LogP contribution in [0.15, 0.2) is 46.0 Å². The largest absolute Gasteiger partial charge is 0.314 e. The van der Waals surface area contributed by atoms with E-state index in [-0.39, 0.29) is 0 Å². The number of hydrogen-bond acceptors (Lipinski definition) is 4. The van der Waals surface area contributed by atoms with E-state index in [1.54, 1.807) is 16.4 Å². The van der Waals surface area contributed by atoms with Crippen LogP contribution in [0.2, 0.25) is 0 Å². The Labute approximate surface area is 148 Å². The first-order chi connectivity index (χ1) is 11.6. The summed E-state index contributed by atoms with van der Waals surface area (Å²) in [5.74, 6) is 0. The Bertz CT molecular complexity index is 732. The molecule has 3 rings (SSSR count). The highest BCUT2D eigenvalue weighted by molar-refractivity contribution is 7.91. The molecule has 1 aromatic carbocycles. The van der Waals surface area contributed by atoms with Crippen LogP contribution in [0, 0.1) is 6.92 Å². The van der Waals surface area contributed by atoms with E-state index in [1.807, 2.05) is 5.38 Å². The number of piperidine rings is 1. The minimum atomic E-state index is -3.29. The summed E-state index contributed by atoms with van der Waals surface area (Å²) in [6.07, 6.45) is 2.75. The van der Waals surface area contributed by atoms with Gasteiger partial charge < -0.3 is 5.32 Å². The molecule has 130 valence electrons. The van der Waals surface area contributed by atoms with Crippen molar-refractivity contribution in [2.75, 3.05) is 19.6 Å². The van der Waals surface area contributed by atoms with Crippen LogP contribution in [0.5, 0.6) is 0 Å². The van der Waals surface area contributed by atoms with Gasteiger partial charge in [-0.15, -0.1) is 11.3 Å². The first-order valence-corrected chi connectivity index (χ1v) is 10.7. The van der Waals surface area contributed by atoms with Gasteiger partial charge in [0.25, 0.3) is 10.0 Å². The van der Waals surface area contributed by atoms with Crippen molar-refractivity contribution in [2.45, 2.75) is 36.4 Å². The van der Waals surface area contributed by atoms with Crippen LogP contribution >= 0.6 is 11.3 Å². The molecule has 1 N–H and O–H groups in total. The number of nitrogens with one attached hydrogen (secondary N) is 1. The third kappa shape index (κ3) is 4.25. The lowest BCUT2D eigenvalue weighted by atomic mass is 10.1. The molecular formula is C18H24N2O2S2. The molecule has 1 aliphatic rings. The molecule has 2 aromatic rings. The van der Waals surface area contributed by atoms with Crippen LogP contribution in [0.25, 0.3) is 0 Å². The Hall–Kier alpha value is -1.21. The van der Waals surface area contributed by atoms with Gasteiger partial charge >= 0.3 is 0 Å². The fourth-order valence-electron chi connectivity index (χ4n) is 3.01. The zero-order chi connectivity index (χ0) is 17.0. The SMILES string of the molecule is Cc1ccc(CCNC2CCN(S(=O)(=O)c3cccs3)CC2)cc1. The summed E-state index contributed by atoms with van der Waals surface area (Å²) >= 11 is 1.29. The summed E-state index contributed by atoms with van der Waals surface area (Å²) in [5.41, 5.74) is 2.62. The van der Waals surface area contributed by atoms with Gasteiger partial charge in [-0.2, -0.15) is 4.31 Å². The lowest BCUT2D eigenvalue weighted by Gasteiger charge is -2.31. The minimum absolute atomic E-state index is 0.408. The van der Waals surface area contributed by atoms with Crippen molar-refractivity contribution in [1.29, 1.82) is 0 Å². The Morgan fingerprint density at radius 3 is 2.50 bits per heavy atom. The number of benzene rings is 1. The summed E-state index contributed by atoms with van der Waals surface area (Å²) < 4.78 is 27.1. The first-order valence-electron chi connectivity index (χ1n) is 8.38. The van der Waals surface area contributed by atoms with Crippen molar-refractivity contribution in [3.8, 4) is 0 Å². The quantitative estimate of drug-likeness (QED) is 0.857. The molecule has 0 aliphatic carbocycles. The predicted octanol–water partition coefficient (Wildman–Crippen LogP) is 3.04. The predicted molar refractivity (Wildman–Crippen MR) is 99.0 cm³/mol. The molecule has 0 atom stereocenters. The van der Waals surface area contributed by atoms with Crippen LogP contribution in [0.3, 0.4) is 0 Å². The van der Waals surface area contributed by atoms with Crippen molar-refractivity contribution in [3.63, 3.8) is 0 Å². The smallest absolute Gasteiger partial charge is 0.252 e. The Morgan fingerprint density at radius 1 is 1.17 bits per heavy atom. The maximum Gasteiger partial charge on any atom is 0.252 e. The highest BCUT2D eigenvalue weighted by Gasteiger charge is 2.29. The van der Waals surface area contributed by atoms with Crippen molar-refractivity contribution < 1.29 is 8.42 Å². The van der Waals surface area contributed by atoms with Crippen LogP contribution in [-0.4, -0.2) is 38.4 Å². The normalized spacial score (nSPS) is 17.2. The molecule has 0 spiro atoms. The molecule has 24 heavy (non-hydrogen) atoms. The highest BCUT2D eigenvalue weighted by atomic mass is 32.2.